The number of ether oxygens (including phenoxy) is 2. The van der Waals surface area contributed by atoms with Crippen LogP contribution in [-0.2, 0) is 19.4 Å². The molecule has 0 spiro atoms. The number of rotatable bonds is 8. The Morgan fingerprint density at radius 1 is 0.744 bits per heavy atom. The molecule has 0 unspecified atom stereocenters. The van der Waals surface area contributed by atoms with Crippen molar-refractivity contribution in [2.45, 2.75) is 19.4 Å². The van der Waals surface area contributed by atoms with Crippen molar-refractivity contribution in [2.75, 3.05) is 32.6 Å². The molecule has 0 atom stereocenters. The molecule has 1 aliphatic heterocycles. The van der Waals surface area contributed by atoms with E-state index >= 15 is 0 Å². The molecule has 7 heteroatoms. The quantitative estimate of drug-likeness (QED) is 0.208. The number of fused-ring (bicyclic) bond motifs is 3. The van der Waals surface area contributed by atoms with E-state index in [-0.39, 0.29) is 0 Å². The van der Waals surface area contributed by atoms with E-state index in [4.69, 9.17) is 24.4 Å². The largest absolute Gasteiger partial charge is 0.493 e. The van der Waals surface area contributed by atoms with Crippen molar-refractivity contribution in [3.05, 3.63) is 114 Å². The summed E-state index contributed by atoms with van der Waals surface area (Å²) in [6.07, 6.45) is 2.00. The van der Waals surface area contributed by atoms with E-state index in [1.165, 1.54) is 16.7 Å². The summed E-state index contributed by atoms with van der Waals surface area (Å²) >= 11 is 0. The third kappa shape index (κ3) is 5.59. The van der Waals surface area contributed by atoms with E-state index in [9.17, 15) is 0 Å². The van der Waals surface area contributed by atoms with Crippen LogP contribution in [0.3, 0.4) is 0 Å². The standard InChI is InChI=1S/C36H33N5O2/c1-42-33-21-26-18-20-41(23-27(26)22-34(33)43-2)19-17-24-11-14-28(15-12-24)37-35-29-8-4-6-10-31(29)39-36(40-35)32-16-13-25-7-3-5-9-30(25)38-32/h3-16,21-22H,17-20,23H2,1-2H3,(H,37,39,40). The number of pyridine rings is 1. The van der Waals surface area contributed by atoms with Gasteiger partial charge in [-0.25, -0.2) is 15.0 Å². The van der Waals surface area contributed by atoms with Crippen LogP contribution in [0.2, 0.25) is 0 Å². The lowest BCUT2D eigenvalue weighted by molar-refractivity contribution is 0.255. The number of hydrogen-bond acceptors (Lipinski definition) is 7. The number of hydrogen-bond donors (Lipinski definition) is 1. The van der Waals surface area contributed by atoms with Gasteiger partial charge in [0, 0.05) is 36.1 Å². The van der Waals surface area contributed by atoms with E-state index in [1.54, 1.807) is 14.2 Å². The summed E-state index contributed by atoms with van der Waals surface area (Å²) in [4.78, 5) is 17.1. The monoisotopic (exact) mass is 567 g/mol. The Hall–Kier alpha value is -5.01. The molecule has 6 aromatic rings. The van der Waals surface area contributed by atoms with E-state index in [2.05, 4.69) is 58.7 Å². The van der Waals surface area contributed by atoms with Gasteiger partial charge in [-0.3, -0.25) is 4.90 Å². The maximum Gasteiger partial charge on any atom is 0.180 e. The van der Waals surface area contributed by atoms with E-state index in [0.29, 0.717) is 5.82 Å². The normalized spacial score (nSPS) is 13.2. The predicted octanol–water partition coefficient (Wildman–Crippen LogP) is 7.21. The molecule has 1 N–H and O–H groups in total. The number of methoxy groups -OCH3 is 2. The highest BCUT2D eigenvalue weighted by molar-refractivity contribution is 5.92. The third-order valence-electron chi connectivity index (χ3n) is 8.16. The molecule has 1 aliphatic rings. The van der Waals surface area contributed by atoms with E-state index in [1.807, 2.05) is 48.5 Å². The molecule has 7 nitrogen and oxygen atoms in total. The second-order valence-electron chi connectivity index (χ2n) is 10.9. The topological polar surface area (TPSA) is 72.4 Å². The van der Waals surface area contributed by atoms with Crippen LogP contribution in [0, 0.1) is 0 Å². The number of nitrogens with zero attached hydrogens (tertiary/aromatic N) is 4. The maximum absolute atomic E-state index is 5.53. The summed E-state index contributed by atoms with van der Waals surface area (Å²) in [5.41, 5.74) is 7.51. The second-order valence-corrected chi connectivity index (χ2v) is 10.9. The number of nitrogens with one attached hydrogen (secondary N) is 1. The summed E-state index contributed by atoms with van der Waals surface area (Å²) in [6.45, 7) is 2.96. The van der Waals surface area contributed by atoms with Gasteiger partial charge in [0.15, 0.2) is 17.3 Å². The lowest BCUT2D eigenvalue weighted by Crippen LogP contribution is -2.32. The molecule has 0 radical (unpaired) electrons. The van der Waals surface area contributed by atoms with Gasteiger partial charge in [-0.2, -0.15) is 0 Å². The van der Waals surface area contributed by atoms with E-state index < -0.39 is 0 Å². The van der Waals surface area contributed by atoms with Crippen LogP contribution in [0.5, 0.6) is 11.5 Å². The zero-order valence-electron chi connectivity index (χ0n) is 24.4. The van der Waals surface area contributed by atoms with Crippen molar-refractivity contribution < 1.29 is 9.47 Å². The number of aromatic nitrogens is 3. The SMILES string of the molecule is COc1cc2c(cc1OC)CN(CCc1ccc(Nc3nc(-c4ccc5ccccc5n4)nc4ccccc34)cc1)CC2. The molecule has 43 heavy (non-hydrogen) atoms. The van der Waals surface area contributed by atoms with Gasteiger partial charge < -0.3 is 14.8 Å². The van der Waals surface area contributed by atoms with Crippen molar-refractivity contribution in [2.24, 2.45) is 0 Å². The summed E-state index contributed by atoms with van der Waals surface area (Å²) in [5, 5.41) is 5.61. The number of para-hydroxylation sites is 2. The Kier molecular flexibility index (Phi) is 7.31. The first-order valence-corrected chi connectivity index (χ1v) is 14.6. The van der Waals surface area contributed by atoms with Crippen LogP contribution in [0.4, 0.5) is 11.5 Å². The highest BCUT2D eigenvalue weighted by Gasteiger charge is 2.19. The van der Waals surface area contributed by atoms with Crippen LogP contribution < -0.4 is 14.8 Å². The Balaban J connectivity index is 1.06. The number of benzene rings is 4. The van der Waals surface area contributed by atoms with Crippen LogP contribution in [0.15, 0.2) is 97.1 Å². The van der Waals surface area contributed by atoms with Crippen LogP contribution in [-0.4, -0.2) is 47.2 Å². The molecule has 7 rings (SSSR count). The van der Waals surface area contributed by atoms with Gasteiger partial charge in [0.2, 0.25) is 0 Å². The molecule has 3 heterocycles. The van der Waals surface area contributed by atoms with Crippen LogP contribution in [0.25, 0.3) is 33.3 Å². The molecule has 0 aliphatic carbocycles. The van der Waals surface area contributed by atoms with Gasteiger partial charge in [-0.05, 0) is 78.1 Å². The Morgan fingerprint density at radius 2 is 1.49 bits per heavy atom. The Morgan fingerprint density at radius 3 is 2.30 bits per heavy atom. The van der Waals surface area contributed by atoms with Gasteiger partial charge in [0.05, 0.1) is 25.3 Å². The van der Waals surface area contributed by atoms with Crippen molar-refractivity contribution in [3.63, 3.8) is 0 Å². The fourth-order valence-corrected chi connectivity index (χ4v) is 5.79. The second kappa shape index (κ2) is 11.7. The highest BCUT2D eigenvalue weighted by atomic mass is 16.5. The third-order valence-corrected chi connectivity index (χ3v) is 8.16. The van der Waals surface area contributed by atoms with Gasteiger partial charge in [-0.1, -0.05) is 48.5 Å². The zero-order valence-corrected chi connectivity index (χ0v) is 24.4. The molecule has 0 fully saturated rings. The molecule has 0 bridgehead atoms. The van der Waals surface area contributed by atoms with Crippen LogP contribution >= 0.6 is 0 Å². The first-order chi connectivity index (χ1) is 21.2. The van der Waals surface area contributed by atoms with Crippen molar-refractivity contribution >= 4 is 33.3 Å². The Bertz CT molecular complexity index is 1920. The van der Waals surface area contributed by atoms with Gasteiger partial charge in [0.1, 0.15) is 11.5 Å². The minimum atomic E-state index is 0.600. The van der Waals surface area contributed by atoms with Crippen molar-refractivity contribution in [1.29, 1.82) is 0 Å². The molecular formula is C36H33N5O2. The molecule has 0 amide bonds. The first kappa shape index (κ1) is 26.9. The zero-order chi connectivity index (χ0) is 29.2. The van der Waals surface area contributed by atoms with Gasteiger partial charge >= 0.3 is 0 Å². The average molecular weight is 568 g/mol. The van der Waals surface area contributed by atoms with Crippen LogP contribution in [0.1, 0.15) is 16.7 Å². The Labute approximate surface area is 251 Å². The van der Waals surface area contributed by atoms with Gasteiger partial charge in [-0.15, -0.1) is 0 Å². The highest BCUT2D eigenvalue weighted by Crippen LogP contribution is 2.33. The van der Waals surface area contributed by atoms with Crippen molar-refractivity contribution in [3.8, 4) is 23.0 Å². The number of anilines is 2. The molecular weight excluding hydrogens is 534 g/mol. The molecule has 2 aromatic heterocycles. The lowest BCUT2D eigenvalue weighted by atomic mass is 9.98. The van der Waals surface area contributed by atoms with E-state index in [0.717, 1.165) is 83.0 Å². The van der Waals surface area contributed by atoms with Crippen molar-refractivity contribution in [1.82, 2.24) is 19.9 Å². The van der Waals surface area contributed by atoms with Gasteiger partial charge in [0.25, 0.3) is 0 Å². The maximum atomic E-state index is 5.53. The average Bonchev–Trinajstić information content (AvgIpc) is 3.07. The summed E-state index contributed by atoms with van der Waals surface area (Å²) in [7, 11) is 3.38. The predicted molar refractivity (Wildman–Crippen MR) is 172 cm³/mol. The summed E-state index contributed by atoms with van der Waals surface area (Å²) in [5.74, 6) is 2.97. The fraction of sp³-hybridized carbons (Fsp3) is 0.194. The molecule has 4 aromatic carbocycles. The lowest BCUT2D eigenvalue weighted by Gasteiger charge is -2.29. The minimum Gasteiger partial charge on any atom is -0.493 e. The molecule has 0 saturated carbocycles. The molecule has 214 valence electrons. The molecule has 0 saturated heterocycles. The smallest absolute Gasteiger partial charge is 0.180 e. The summed E-state index contributed by atoms with van der Waals surface area (Å²) < 4.78 is 11.0. The minimum absolute atomic E-state index is 0.600. The first-order valence-electron chi connectivity index (χ1n) is 14.6. The summed E-state index contributed by atoms with van der Waals surface area (Å²) in [6, 6.07) is 33.1. The fourth-order valence-electron chi connectivity index (χ4n) is 5.79.